The van der Waals surface area contributed by atoms with Crippen molar-refractivity contribution >= 4 is 5.95 Å². The number of nitrogens with zero attached hydrogens (tertiary/aromatic N) is 3. The zero-order valence-electron chi connectivity index (χ0n) is 10.7. The topological polar surface area (TPSA) is 110 Å². The van der Waals surface area contributed by atoms with Crippen LogP contribution in [-0.4, -0.2) is 58.1 Å². The molecule has 0 aliphatic rings. The van der Waals surface area contributed by atoms with Crippen molar-refractivity contribution in [2.45, 2.75) is 18.9 Å². The van der Waals surface area contributed by atoms with E-state index in [0.717, 1.165) is 0 Å². The second-order valence-corrected chi connectivity index (χ2v) is 3.71. The van der Waals surface area contributed by atoms with Crippen LogP contribution in [0.25, 0.3) is 0 Å². The van der Waals surface area contributed by atoms with Gasteiger partial charge in [0.15, 0.2) is 0 Å². The van der Waals surface area contributed by atoms with Crippen molar-refractivity contribution in [3.05, 3.63) is 0 Å². The highest BCUT2D eigenvalue weighted by Crippen LogP contribution is 2.18. The summed E-state index contributed by atoms with van der Waals surface area (Å²) in [4.78, 5) is 11.8. The summed E-state index contributed by atoms with van der Waals surface area (Å²) in [6, 6.07) is 0.176. The number of hydrogen-bond acceptors (Lipinski definition) is 8. The molecule has 0 bridgehead atoms. The van der Waals surface area contributed by atoms with Gasteiger partial charge >= 0.3 is 12.0 Å². The second-order valence-electron chi connectivity index (χ2n) is 3.71. The molecule has 0 saturated carbocycles. The first-order valence-electron chi connectivity index (χ1n) is 5.47. The predicted octanol–water partition coefficient (Wildman–Crippen LogP) is -0.566. The third-order valence-electron chi connectivity index (χ3n) is 2.62. The molecule has 0 spiro atoms. The molecule has 0 aliphatic heterocycles. The van der Waals surface area contributed by atoms with Gasteiger partial charge in [-0.2, -0.15) is 9.97 Å². The lowest BCUT2D eigenvalue weighted by Crippen LogP contribution is -2.45. The van der Waals surface area contributed by atoms with Crippen LogP contribution in [0.1, 0.15) is 13.3 Å². The highest BCUT2D eigenvalue weighted by molar-refractivity contribution is 5.32. The fraction of sp³-hybridized carbons (Fsp3) is 0.700. The molecule has 1 rings (SSSR count). The lowest BCUT2D eigenvalue weighted by Gasteiger charge is -2.29. The Morgan fingerprint density at radius 1 is 1.06 bits per heavy atom. The van der Waals surface area contributed by atoms with E-state index in [1.807, 2.05) is 6.92 Å². The van der Waals surface area contributed by atoms with E-state index in [1.54, 1.807) is 0 Å². The fourth-order valence-corrected chi connectivity index (χ4v) is 1.25. The molecule has 102 valence electrons. The first-order chi connectivity index (χ1) is 8.62. The van der Waals surface area contributed by atoms with Crippen LogP contribution >= 0.6 is 0 Å². The molecule has 1 aromatic rings. The van der Waals surface area contributed by atoms with Crippen molar-refractivity contribution in [3.63, 3.8) is 0 Å². The van der Waals surface area contributed by atoms with Crippen LogP contribution in [-0.2, 0) is 0 Å². The Labute approximate surface area is 105 Å². The Bertz CT molecular complexity index is 354. The summed E-state index contributed by atoms with van der Waals surface area (Å²) in [5.74, 6) is 0.170. The van der Waals surface area contributed by atoms with Gasteiger partial charge in [0.25, 0.3) is 0 Å². The Hall–Kier alpha value is -1.67. The highest BCUT2D eigenvalue weighted by atomic mass is 16.5. The maximum absolute atomic E-state index is 9.33. The van der Waals surface area contributed by atoms with Gasteiger partial charge in [-0.05, 0) is 6.42 Å². The number of ether oxygens (including phenoxy) is 2. The van der Waals surface area contributed by atoms with Crippen molar-refractivity contribution in [2.75, 3.05) is 32.8 Å². The third-order valence-corrected chi connectivity index (χ3v) is 2.62. The summed E-state index contributed by atoms with van der Waals surface area (Å²) in [6.45, 7) is 1.32. The third kappa shape index (κ3) is 3.17. The van der Waals surface area contributed by atoms with Gasteiger partial charge in [-0.3, -0.25) is 0 Å². The molecule has 0 aliphatic carbocycles. The van der Waals surface area contributed by atoms with Crippen LogP contribution in [0.4, 0.5) is 5.95 Å². The fourth-order valence-electron chi connectivity index (χ4n) is 1.25. The average Bonchev–Trinajstić information content (AvgIpc) is 2.44. The zero-order valence-corrected chi connectivity index (χ0v) is 10.7. The first kappa shape index (κ1) is 14.4. The van der Waals surface area contributed by atoms with Crippen molar-refractivity contribution in [3.8, 4) is 12.0 Å². The molecule has 3 N–H and O–H groups in total. The number of aliphatic hydroxyl groups excluding tert-OH is 2. The lowest BCUT2D eigenvalue weighted by atomic mass is 9.99. The molecule has 0 radical (unpaired) electrons. The van der Waals surface area contributed by atoms with Crippen molar-refractivity contribution in [1.29, 1.82) is 0 Å². The SMILES string of the molecule is CCC(CO)(CO)Nc1nc(OC)nc(OC)n1. The average molecular weight is 258 g/mol. The largest absolute Gasteiger partial charge is 0.467 e. The molecule has 0 saturated heterocycles. The van der Waals surface area contributed by atoms with Gasteiger partial charge in [0, 0.05) is 0 Å². The lowest BCUT2D eigenvalue weighted by molar-refractivity contribution is 0.131. The van der Waals surface area contributed by atoms with Crippen molar-refractivity contribution in [1.82, 2.24) is 15.0 Å². The molecular formula is C10H18N4O4. The van der Waals surface area contributed by atoms with Gasteiger partial charge in [0.2, 0.25) is 5.95 Å². The minimum Gasteiger partial charge on any atom is -0.467 e. The minimum absolute atomic E-state index is 0.0882. The van der Waals surface area contributed by atoms with E-state index < -0.39 is 5.54 Å². The summed E-state index contributed by atoms with van der Waals surface area (Å²) in [6.07, 6.45) is 0.496. The van der Waals surface area contributed by atoms with E-state index >= 15 is 0 Å². The minimum atomic E-state index is -0.891. The van der Waals surface area contributed by atoms with E-state index in [9.17, 15) is 10.2 Å². The Balaban J connectivity index is 3.01. The molecule has 8 nitrogen and oxygen atoms in total. The number of rotatable bonds is 7. The normalized spacial score (nSPS) is 11.2. The zero-order chi connectivity index (χ0) is 13.6. The molecule has 1 heterocycles. The van der Waals surface area contributed by atoms with Crippen molar-refractivity contribution < 1.29 is 19.7 Å². The van der Waals surface area contributed by atoms with Crippen LogP contribution in [0.3, 0.4) is 0 Å². The first-order valence-corrected chi connectivity index (χ1v) is 5.47. The number of hydrogen-bond donors (Lipinski definition) is 3. The summed E-state index contributed by atoms with van der Waals surface area (Å²) in [5, 5.41) is 21.5. The standard InChI is InChI=1S/C10H18N4O4/c1-4-10(5-15,6-16)14-7-11-8(17-2)13-9(12-7)18-3/h15-16H,4-6H2,1-3H3,(H,11,12,13,14). The molecule has 18 heavy (non-hydrogen) atoms. The number of aliphatic hydroxyl groups is 2. The number of methoxy groups -OCH3 is 2. The van der Waals surface area contributed by atoms with Gasteiger partial charge in [0.1, 0.15) is 0 Å². The predicted molar refractivity (Wildman–Crippen MR) is 63.7 cm³/mol. The van der Waals surface area contributed by atoms with Crippen LogP contribution in [0, 0.1) is 0 Å². The second kappa shape index (κ2) is 6.31. The smallest absolute Gasteiger partial charge is 0.324 e. The van der Waals surface area contributed by atoms with E-state index in [4.69, 9.17) is 9.47 Å². The maximum Gasteiger partial charge on any atom is 0.324 e. The van der Waals surface area contributed by atoms with Crippen LogP contribution < -0.4 is 14.8 Å². The maximum atomic E-state index is 9.33. The highest BCUT2D eigenvalue weighted by Gasteiger charge is 2.28. The Morgan fingerprint density at radius 3 is 1.89 bits per heavy atom. The number of anilines is 1. The van der Waals surface area contributed by atoms with Crippen LogP contribution in [0.5, 0.6) is 12.0 Å². The Kier molecular flexibility index (Phi) is 5.05. The van der Waals surface area contributed by atoms with Gasteiger partial charge < -0.3 is 25.0 Å². The van der Waals surface area contributed by atoms with Gasteiger partial charge in [0.05, 0.1) is 33.0 Å². The molecule has 0 unspecified atom stereocenters. The molecule has 0 amide bonds. The van der Waals surface area contributed by atoms with E-state index in [2.05, 4.69) is 20.3 Å². The van der Waals surface area contributed by atoms with E-state index in [0.29, 0.717) is 6.42 Å². The van der Waals surface area contributed by atoms with Crippen molar-refractivity contribution in [2.24, 2.45) is 0 Å². The van der Waals surface area contributed by atoms with Crippen LogP contribution in [0.15, 0.2) is 0 Å². The number of aromatic nitrogens is 3. The summed E-state index contributed by atoms with van der Waals surface area (Å²) in [7, 11) is 2.84. The monoisotopic (exact) mass is 258 g/mol. The summed E-state index contributed by atoms with van der Waals surface area (Å²) < 4.78 is 9.81. The summed E-state index contributed by atoms with van der Waals surface area (Å²) >= 11 is 0. The summed E-state index contributed by atoms with van der Waals surface area (Å²) in [5.41, 5.74) is -0.891. The molecule has 0 atom stereocenters. The van der Waals surface area contributed by atoms with E-state index in [1.165, 1.54) is 14.2 Å². The van der Waals surface area contributed by atoms with E-state index in [-0.39, 0.29) is 31.2 Å². The van der Waals surface area contributed by atoms with Gasteiger partial charge in [-0.15, -0.1) is 4.98 Å². The quantitative estimate of drug-likeness (QED) is 0.596. The molecular weight excluding hydrogens is 240 g/mol. The number of nitrogens with one attached hydrogen (secondary N) is 1. The van der Waals surface area contributed by atoms with Crippen LogP contribution in [0.2, 0.25) is 0 Å². The molecule has 0 aromatic carbocycles. The van der Waals surface area contributed by atoms with Gasteiger partial charge in [-0.25, -0.2) is 0 Å². The molecule has 0 fully saturated rings. The Morgan fingerprint density at radius 2 is 1.56 bits per heavy atom. The van der Waals surface area contributed by atoms with Gasteiger partial charge in [-0.1, -0.05) is 6.92 Å². The molecule has 1 aromatic heterocycles. The molecule has 8 heteroatoms.